The maximum absolute atomic E-state index is 12.8. The van der Waals surface area contributed by atoms with Crippen LogP contribution < -0.4 is 15.0 Å². The van der Waals surface area contributed by atoms with E-state index >= 15 is 0 Å². The van der Waals surface area contributed by atoms with Gasteiger partial charge in [-0.2, -0.15) is 0 Å². The standard InChI is InChI=1S/C18H13IN2O5/c1-26-14-9-10(8-13(19)15(14)22)7-12-16(23)20-18(25)21(17(12)24)11-5-3-2-4-6-11/h2-9,22H,1H3,(H,20,23,25)/b12-7+. The third kappa shape index (κ3) is 3.27. The highest BCUT2D eigenvalue weighted by molar-refractivity contribution is 14.1. The van der Waals surface area contributed by atoms with Crippen molar-refractivity contribution in [2.75, 3.05) is 12.0 Å². The summed E-state index contributed by atoms with van der Waals surface area (Å²) in [7, 11) is 1.40. The quantitative estimate of drug-likeness (QED) is 0.414. The smallest absolute Gasteiger partial charge is 0.335 e. The molecular weight excluding hydrogens is 451 g/mol. The summed E-state index contributed by atoms with van der Waals surface area (Å²) >= 11 is 1.91. The molecule has 0 aromatic heterocycles. The van der Waals surface area contributed by atoms with Crippen molar-refractivity contribution in [3.05, 3.63) is 57.2 Å². The number of carbonyl (C=O) groups is 3. The number of barbiturate groups is 1. The number of imide groups is 2. The van der Waals surface area contributed by atoms with Crippen LogP contribution in [0.4, 0.5) is 10.5 Å². The fourth-order valence-corrected chi connectivity index (χ4v) is 3.09. The van der Waals surface area contributed by atoms with Gasteiger partial charge in [0.25, 0.3) is 11.8 Å². The lowest BCUT2D eigenvalue weighted by Gasteiger charge is -2.26. The molecule has 1 aliphatic rings. The van der Waals surface area contributed by atoms with Crippen molar-refractivity contribution in [2.24, 2.45) is 0 Å². The number of urea groups is 1. The van der Waals surface area contributed by atoms with Crippen LogP contribution in [0, 0.1) is 3.57 Å². The maximum Gasteiger partial charge on any atom is 0.335 e. The molecule has 4 amide bonds. The van der Waals surface area contributed by atoms with E-state index in [4.69, 9.17) is 4.74 Å². The number of nitrogens with zero attached hydrogens (tertiary/aromatic N) is 1. The number of nitrogens with one attached hydrogen (secondary N) is 1. The van der Waals surface area contributed by atoms with Gasteiger partial charge in [-0.3, -0.25) is 14.9 Å². The Hall–Kier alpha value is -2.88. The first-order valence-corrected chi connectivity index (χ1v) is 8.53. The van der Waals surface area contributed by atoms with Gasteiger partial charge in [0.05, 0.1) is 16.4 Å². The molecule has 1 heterocycles. The number of amides is 4. The average Bonchev–Trinajstić information content (AvgIpc) is 2.62. The molecular formula is C18H13IN2O5. The zero-order valence-electron chi connectivity index (χ0n) is 13.5. The summed E-state index contributed by atoms with van der Waals surface area (Å²) in [5.74, 6) is -1.33. The summed E-state index contributed by atoms with van der Waals surface area (Å²) < 4.78 is 5.58. The fraction of sp³-hybridized carbons (Fsp3) is 0.0556. The Balaban J connectivity index is 2.05. The lowest BCUT2D eigenvalue weighted by Crippen LogP contribution is -2.54. The van der Waals surface area contributed by atoms with Crippen LogP contribution >= 0.6 is 22.6 Å². The van der Waals surface area contributed by atoms with E-state index in [1.165, 1.54) is 19.3 Å². The lowest BCUT2D eigenvalue weighted by atomic mass is 10.1. The van der Waals surface area contributed by atoms with Crippen LogP contribution in [0.1, 0.15) is 5.56 Å². The van der Waals surface area contributed by atoms with Gasteiger partial charge in [0.1, 0.15) is 5.57 Å². The summed E-state index contributed by atoms with van der Waals surface area (Å²) in [6.45, 7) is 0. The van der Waals surface area contributed by atoms with Crippen LogP contribution in [0.3, 0.4) is 0 Å². The van der Waals surface area contributed by atoms with E-state index in [0.717, 1.165) is 4.90 Å². The zero-order chi connectivity index (χ0) is 18.8. The minimum absolute atomic E-state index is 0.0317. The molecule has 2 aromatic rings. The van der Waals surface area contributed by atoms with E-state index in [1.807, 2.05) is 22.6 Å². The van der Waals surface area contributed by atoms with E-state index in [-0.39, 0.29) is 17.1 Å². The molecule has 2 aromatic carbocycles. The first kappa shape index (κ1) is 17.9. The molecule has 0 unspecified atom stereocenters. The van der Waals surface area contributed by atoms with Crippen molar-refractivity contribution in [2.45, 2.75) is 0 Å². The van der Waals surface area contributed by atoms with Crippen molar-refractivity contribution in [1.29, 1.82) is 0 Å². The molecule has 0 aliphatic carbocycles. The zero-order valence-corrected chi connectivity index (χ0v) is 15.7. The van der Waals surface area contributed by atoms with Gasteiger partial charge in [-0.1, -0.05) is 18.2 Å². The summed E-state index contributed by atoms with van der Waals surface area (Å²) in [5, 5.41) is 12.1. The van der Waals surface area contributed by atoms with Crippen LogP contribution in [-0.2, 0) is 9.59 Å². The summed E-state index contributed by atoms with van der Waals surface area (Å²) in [4.78, 5) is 37.9. The Kier molecular flexibility index (Phi) is 4.94. The number of hydrogen-bond donors (Lipinski definition) is 2. The van der Waals surface area contributed by atoms with Gasteiger partial charge in [-0.25, -0.2) is 9.69 Å². The summed E-state index contributed by atoms with van der Waals surface area (Å²) in [5.41, 5.74) is 0.633. The van der Waals surface area contributed by atoms with Gasteiger partial charge < -0.3 is 9.84 Å². The molecule has 26 heavy (non-hydrogen) atoms. The van der Waals surface area contributed by atoms with E-state index in [2.05, 4.69) is 5.32 Å². The van der Waals surface area contributed by atoms with Gasteiger partial charge in [-0.15, -0.1) is 0 Å². The second-order valence-electron chi connectivity index (χ2n) is 5.35. The van der Waals surface area contributed by atoms with Gasteiger partial charge in [-0.05, 0) is 58.5 Å². The summed E-state index contributed by atoms with van der Waals surface area (Å²) in [6.07, 6.45) is 1.35. The van der Waals surface area contributed by atoms with Crippen LogP contribution in [0.15, 0.2) is 48.0 Å². The maximum atomic E-state index is 12.8. The number of carbonyl (C=O) groups excluding carboxylic acids is 3. The van der Waals surface area contributed by atoms with Crippen LogP contribution in [0.2, 0.25) is 0 Å². The highest BCUT2D eigenvalue weighted by Crippen LogP contribution is 2.33. The molecule has 1 aliphatic heterocycles. The SMILES string of the molecule is COc1cc(/C=C2\C(=O)NC(=O)N(c3ccccc3)C2=O)cc(I)c1O. The number of anilines is 1. The molecule has 0 spiro atoms. The van der Waals surface area contributed by atoms with Crippen molar-refractivity contribution < 1.29 is 24.2 Å². The Labute approximate surface area is 162 Å². The number of para-hydroxylation sites is 1. The molecule has 0 radical (unpaired) electrons. The van der Waals surface area contributed by atoms with E-state index in [9.17, 15) is 19.5 Å². The normalized spacial score (nSPS) is 16.0. The number of benzene rings is 2. The van der Waals surface area contributed by atoms with E-state index in [1.54, 1.807) is 36.4 Å². The van der Waals surface area contributed by atoms with Crippen LogP contribution in [0.25, 0.3) is 6.08 Å². The van der Waals surface area contributed by atoms with Crippen molar-refractivity contribution in [1.82, 2.24) is 5.32 Å². The predicted molar refractivity (Wildman–Crippen MR) is 103 cm³/mol. The number of ether oxygens (including phenoxy) is 1. The fourth-order valence-electron chi connectivity index (χ4n) is 2.47. The molecule has 3 rings (SSSR count). The van der Waals surface area contributed by atoms with Gasteiger partial charge in [0.15, 0.2) is 11.5 Å². The molecule has 0 saturated carbocycles. The monoisotopic (exact) mass is 464 g/mol. The van der Waals surface area contributed by atoms with E-state index in [0.29, 0.717) is 14.8 Å². The number of halogens is 1. The minimum atomic E-state index is -0.804. The average molecular weight is 464 g/mol. The van der Waals surface area contributed by atoms with Crippen LogP contribution in [-0.4, -0.2) is 30.1 Å². The highest BCUT2D eigenvalue weighted by Gasteiger charge is 2.36. The molecule has 1 saturated heterocycles. The van der Waals surface area contributed by atoms with E-state index < -0.39 is 17.8 Å². The third-order valence-corrected chi connectivity index (χ3v) is 4.52. The van der Waals surface area contributed by atoms with Gasteiger partial charge >= 0.3 is 6.03 Å². The molecule has 7 nitrogen and oxygen atoms in total. The van der Waals surface area contributed by atoms with Crippen molar-refractivity contribution in [3.63, 3.8) is 0 Å². The molecule has 2 N–H and O–H groups in total. The molecule has 0 bridgehead atoms. The number of rotatable bonds is 3. The second-order valence-corrected chi connectivity index (χ2v) is 6.51. The Morgan fingerprint density at radius 3 is 2.50 bits per heavy atom. The first-order chi connectivity index (χ1) is 12.4. The molecule has 1 fully saturated rings. The molecule has 8 heteroatoms. The number of phenols is 1. The van der Waals surface area contributed by atoms with Crippen LogP contribution in [0.5, 0.6) is 11.5 Å². The Bertz CT molecular complexity index is 940. The lowest BCUT2D eigenvalue weighted by molar-refractivity contribution is -0.122. The molecule has 132 valence electrons. The summed E-state index contributed by atoms with van der Waals surface area (Å²) in [6, 6.07) is 10.6. The Morgan fingerprint density at radius 2 is 1.85 bits per heavy atom. The second kappa shape index (κ2) is 7.16. The number of aromatic hydroxyl groups is 1. The van der Waals surface area contributed by atoms with Gasteiger partial charge in [0, 0.05) is 0 Å². The van der Waals surface area contributed by atoms with Crippen molar-refractivity contribution in [3.8, 4) is 11.5 Å². The highest BCUT2D eigenvalue weighted by atomic mass is 127. The predicted octanol–water partition coefficient (Wildman–Crippen LogP) is 2.67. The number of hydrogen-bond acceptors (Lipinski definition) is 5. The number of methoxy groups -OCH3 is 1. The number of phenolic OH excluding ortho intramolecular Hbond substituents is 1. The topological polar surface area (TPSA) is 95.9 Å². The third-order valence-electron chi connectivity index (χ3n) is 3.70. The van der Waals surface area contributed by atoms with Crippen molar-refractivity contribution >= 4 is 52.2 Å². The molecule has 0 atom stereocenters. The first-order valence-electron chi connectivity index (χ1n) is 7.45. The van der Waals surface area contributed by atoms with Gasteiger partial charge in [0.2, 0.25) is 0 Å². The Morgan fingerprint density at radius 1 is 1.15 bits per heavy atom. The largest absolute Gasteiger partial charge is 0.504 e. The minimum Gasteiger partial charge on any atom is -0.504 e.